The number of nitrogens with two attached hydrogens (primary N) is 1. The Bertz CT molecular complexity index is 467. The number of aromatic hydroxyl groups is 1. The van der Waals surface area contributed by atoms with Crippen LogP contribution in [0.25, 0.3) is 11.3 Å². The van der Waals surface area contributed by atoms with Gasteiger partial charge in [0.25, 0.3) is 0 Å². The van der Waals surface area contributed by atoms with Gasteiger partial charge in [-0.25, -0.2) is 4.98 Å². The van der Waals surface area contributed by atoms with Crippen LogP contribution in [0.5, 0.6) is 5.75 Å². The molecule has 0 saturated carbocycles. The number of imidazole rings is 1. The molecule has 0 spiro atoms. The molecule has 0 aliphatic carbocycles. The summed E-state index contributed by atoms with van der Waals surface area (Å²) in [5.74, 6) is 0.519. The minimum absolute atomic E-state index is 0.183. The molecule has 0 bridgehead atoms. The number of aromatic nitrogens is 2. The summed E-state index contributed by atoms with van der Waals surface area (Å²) in [6.07, 6.45) is 1.58. The molecular formula is C9H8BrN3O. The fraction of sp³-hybridized carbons (Fsp3) is 0. The molecule has 14 heavy (non-hydrogen) atoms. The number of nitrogens with zero attached hydrogens (tertiary/aromatic N) is 1. The van der Waals surface area contributed by atoms with Crippen molar-refractivity contribution in [3.8, 4) is 17.0 Å². The fourth-order valence-electron chi connectivity index (χ4n) is 1.21. The average molecular weight is 254 g/mol. The minimum Gasteiger partial charge on any atom is -0.507 e. The number of hydrogen-bond donors (Lipinski definition) is 3. The van der Waals surface area contributed by atoms with Crippen molar-refractivity contribution in [3.63, 3.8) is 0 Å². The van der Waals surface area contributed by atoms with Gasteiger partial charge in [0.2, 0.25) is 0 Å². The molecule has 0 unspecified atom stereocenters. The van der Waals surface area contributed by atoms with Crippen LogP contribution in [0.4, 0.5) is 5.95 Å². The van der Waals surface area contributed by atoms with Gasteiger partial charge in [-0.1, -0.05) is 15.9 Å². The summed E-state index contributed by atoms with van der Waals surface area (Å²) in [6, 6.07) is 5.24. The van der Waals surface area contributed by atoms with Gasteiger partial charge in [-0.15, -0.1) is 0 Å². The van der Waals surface area contributed by atoms with Crippen LogP contribution in [0.2, 0.25) is 0 Å². The first kappa shape index (κ1) is 9.08. The van der Waals surface area contributed by atoms with Crippen molar-refractivity contribution in [3.05, 3.63) is 28.9 Å². The molecule has 1 aromatic carbocycles. The SMILES string of the molecule is Nc1ncc(-c2ccc(Br)cc2O)[nH]1. The second kappa shape index (κ2) is 3.34. The minimum atomic E-state index is 0.183. The van der Waals surface area contributed by atoms with Crippen LogP contribution in [0.3, 0.4) is 0 Å². The van der Waals surface area contributed by atoms with E-state index >= 15 is 0 Å². The number of benzene rings is 1. The summed E-state index contributed by atoms with van der Waals surface area (Å²) in [7, 11) is 0. The quantitative estimate of drug-likeness (QED) is 0.729. The van der Waals surface area contributed by atoms with Gasteiger partial charge in [0.05, 0.1) is 11.9 Å². The lowest BCUT2D eigenvalue weighted by Gasteiger charge is -2.01. The molecule has 0 aliphatic heterocycles. The molecule has 72 valence electrons. The highest BCUT2D eigenvalue weighted by atomic mass is 79.9. The Morgan fingerprint density at radius 2 is 2.21 bits per heavy atom. The van der Waals surface area contributed by atoms with E-state index in [4.69, 9.17) is 5.73 Å². The smallest absolute Gasteiger partial charge is 0.197 e. The second-order valence-corrected chi connectivity index (χ2v) is 3.76. The molecule has 1 heterocycles. The molecule has 1 aromatic heterocycles. The Labute approximate surface area is 88.9 Å². The number of rotatable bonds is 1. The van der Waals surface area contributed by atoms with Crippen molar-refractivity contribution in [2.45, 2.75) is 0 Å². The molecule has 0 amide bonds. The van der Waals surface area contributed by atoms with E-state index in [0.717, 1.165) is 4.47 Å². The van der Waals surface area contributed by atoms with Crippen molar-refractivity contribution in [1.29, 1.82) is 0 Å². The number of phenols is 1. The number of halogens is 1. The lowest BCUT2D eigenvalue weighted by atomic mass is 10.1. The summed E-state index contributed by atoms with van der Waals surface area (Å²) in [5.41, 5.74) is 6.82. The van der Waals surface area contributed by atoms with Gasteiger partial charge in [-0.05, 0) is 18.2 Å². The van der Waals surface area contributed by atoms with E-state index in [9.17, 15) is 5.11 Å². The standard InChI is InChI=1S/C9H8BrN3O/c10-5-1-2-6(8(14)3-5)7-4-12-9(11)13-7/h1-4,14H,(H3,11,12,13). The highest BCUT2D eigenvalue weighted by molar-refractivity contribution is 9.10. The predicted octanol–water partition coefficient (Wildman–Crippen LogP) is 2.13. The lowest BCUT2D eigenvalue weighted by molar-refractivity contribution is 0.477. The fourth-order valence-corrected chi connectivity index (χ4v) is 1.56. The van der Waals surface area contributed by atoms with Crippen LogP contribution in [0.1, 0.15) is 0 Å². The predicted molar refractivity (Wildman–Crippen MR) is 57.8 cm³/mol. The zero-order valence-corrected chi connectivity index (χ0v) is 8.75. The molecule has 0 saturated heterocycles. The van der Waals surface area contributed by atoms with Gasteiger partial charge in [0.1, 0.15) is 5.75 Å². The molecule has 2 rings (SSSR count). The number of nitrogen functional groups attached to an aromatic ring is 1. The van der Waals surface area contributed by atoms with Crippen LogP contribution >= 0.6 is 15.9 Å². The summed E-state index contributed by atoms with van der Waals surface area (Å²) < 4.78 is 0.825. The van der Waals surface area contributed by atoms with Crippen LogP contribution < -0.4 is 5.73 Å². The lowest BCUT2D eigenvalue weighted by Crippen LogP contribution is -1.85. The second-order valence-electron chi connectivity index (χ2n) is 2.84. The van der Waals surface area contributed by atoms with Crippen LogP contribution in [-0.2, 0) is 0 Å². The molecule has 2 aromatic rings. The number of anilines is 1. The Hall–Kier alpha value is -1.49. The first-order valence-corrected chi connectivity index (χ1v) is 4.75. The van der Waals surface area contributed by atoms with E-state index in [-0.39, 0.29) is 5.75 Å². The summed E-state index contributed by atoms with van der Waals surface area (Å²) >= 11 is 3.26. The Morgan fingerprint density at radius 1 is 1.43 bits per heavy atom. The van der Waals surface area contributed by atoms with E-state index < -0.39 is 0 Å². The average Bonchev–Trinajstić information content (AvgIpc) is 2.51. The van der Waals surface area contributed by atoms with Crippen molar-refractivity contribution in [2.75, 3.05) is 5.73 Å². The number of aromatic amines is 1. The van der Waals surface area contributed by atoms with E-state index in [0.29, 0.717) is 17.2 Å². The molecular weight excluding hydrogens is 246 g/mol. The molecule has 5 heteroatoms. The van der Waals surface area contributed by atoms with Gasteiger partial charge < -0.3 is 15.8 Å². The summed E-state index contributed by atoms with van der Waals surface area (Å²) in [4.78, 5) is 6.70. The van der Waals surface area contributed by atoms with E-state index in [1.807, 2.05) is 6.07 Å². The topological polar surface area (TPSA) is 74.9 Å². The van der Waals surface area contributed by atoms with E-state index in [1.54, 1.807) is 18.3 Å². The normalized spacial score (nSPS) is 10.4. The van der Waals surface area contributed by atoms with E-state index in [1.165, 1.54) is 0 Å². The molecule has 0 radical (unpaired) electrons. The van der Waals surface area contributed by atoms with Crippen molar-refractivity contribution < 1.29 is 5.11 Å². The largest absolute Gasteiger partial charge is 0.507 e. The van der Waals surface area contributed by atoms with Gasteiger partial charge in [-0.3, -0.25) is 0 Å². The third kappa shape index (κ3) is 1.58. The van der Waals surface area contributed by atoms with Crippen LogP contribution in [0.15, 0.2) is 28.9 Å². The molecule has 0 aliphatic rings. The monoisotopic (exact) mass is 253 g/mol. The van der Waals surface area contributed by atoms with Crippen molar-refractivity contribution in [1.82, 2.24) is 9.97 Å². The summed E-state index contributed by atoms with van der Waals surface area (Å²) in [5, 5.41) is 9.64. The van der Waals surface area contributed by atoms with Crippen LogP contribution in [0, 0.1) is 0 Å². The number of hydrogen-bond acceptors (Lipinski definition) is 3. The first-order valence-electron chi connectivity index (χ1n) is 3.96. The number of phenolic OH excluding ortho intramolecular Hbond substituents is 1. The third-order valence-electron chi connectivity index (χ3n) is 1.85. The van der Waals surface area contributed by atoms with Crippen molar-refractivity contribution >= 4 is 21.9 Å². The molecule has 4 N–H and O–H groups in total. The molecule has 0 fully saturated rings. The maximum atomic E-state index is 9.64. The van der Waals surface area contributed by atoms with Gasteiger partial charge >= 0.3 is 0 Å². The van der Waals surface area contributed by atoms with Crippen molar-refractivity contribution in [2.24, 2.45) is 0 Å². The van der Waals surface area contributed by atoms with E-state index in [2.05, 4.69) is 25.9 Å². The Kier molecular flexibility index (Phi) is 2.17. The molecule has 4 nitrogen and oxygen atoms in total. The molecule has 0 atom stereocenters. The van der Waals surface area contributed by atoms with Gasteiger partial charge in [-0.2, -0.15) is 0 Å². The first-order chi connectivity index (χ1) is 6.66. The maximum absolute atomic E-state index is 9.64. The number of H-pyrrole nitrogens is 1. The Balaban J connectivity index is 2.52. The van der Waals surface area contributed by atoms with Gasteiger partial charge in [0.15, 0.2) is 5.95 Å². The number of nitrogens with one attached hydrogen (secondary N) is 1. The Morgan fingerprint density at radius 3 is 2.79 bits per heavy atom. The maximum Gasteiger partial charge on any atom is 0.197 e. The third-order valence-corrected chi connectivity index (χ3v) is 2.34. The highest BCUT2D eigenvalue weighted by Crippen LogP contribution is 2.30. The van der Waals surface area contributed by atoms with Crippen LogP contribution in [-0.4, -0.2) is 15.1 Å². The van der Waals surface area contributed by atoms with Gasteiger partial charge in [0, 0.05) is 10.0 Å². The zero-order valence-electron chi connectivity index (χ0n) is 7.16. The summed E-state index contributed by atoms with van der Waals surface area (Å²) in [6.45, 7) is 0. The highest BCUT2D eigenvalue weighted by Gasteiger charge is 2.06. The zero-order chi connectivity index (χ0) is 10.1.